The van der Waals surface area contributed by atoms with Gasteiger partial charge in [-0.2, -0.15) is 0 Å². The lowest BCUT2D eigenvalue weighted by Gasteiger charge is -2.35. The first kappa shape index (κ1) is 17.6. The molecule has 0 spiro atoms. The summed E-state index contributed by atoms with van der Waals surface area (Å²) in [7, 11) is 0. The molecule has 1 N–H and O–H groups in total. The van der Waals surface area contributed by atoms with Gasteiger partial charge < -0.3 is 19.3 Å². The standard InChI is InChI=1S/C19H22FN3O4/c20-15-11-13(12-23-8-5-17(24)21-19(23)25)1-2-16(15)22-6-3-14(4-7-22)18-26-9-10-27-18/h1-2,9-11,14,18H,3-8,12H2,(H,21,24,25). The number of nitrogens with one attached hydrogen (secondary N) is 1. The number of rotatable bonds is 4. The van der Waals surface area contributed by atoms with Crippen LogP contribution >= 0.6 is 0 Å². The predicted octanol–water partition coefficient (Wildman–Crippen LogP) is 2.33. The smallest absolute Gasteiger partial charge is 0.324 e. The van der Waals surface area contributed by atoms with Gasteiger partial charge in [-0.3, -0.25) is 10.1 Å². The molecule has 0 aromatic heterocycles. The zero-order valence-electron chi connectivity index (χ0n) is 14.9. The Morgan fingerprint density at radius 3 is 2.52 bits per heavy atom. The first-order chi connectivity index (χ1) is 13.1. The van der Waals surface area contributed by atoms with E-state index >= 15 is 0 Å². The summed E-state index contributed by atoms with van der Waals surface area (Å²) in [5.41, 5.74) is 1.27. The Morgan fingerprint density at radius 1 is 1.11 bits per heavy atom. The molecule has 0 aliphatic carbocycles. The first-order valence-electron chi connectivity index (χ1n) is 9.18. The van der Waals surface area contributed by atoms with Crippen LogP contribution in [0.3, 0.4) is 0 Å². The van der Waals surface area contributed by atoms with Crippen LogP contribution in [0.4, 0.5) is 14.9 Å². The summed E-state index contributed by atoms with van der Waals surface area (Å²) in [6.07, 6.45) is 4.92. The van der Waals surface area contributed by atoms with Crippen molar-refractivity contribution < 1.29 is 23.5 Å². The number of nitrogens with zero attached hydrogens (tertiary/aromatic N) is 2. The molecule has 0 unspecified atom stereocenters. The van der Waals surface area contributed by atoms with Crippen molar-refractivity contribution in [2.24, 2.45) is 5.92 Å². The molecule has 3 amide bonds. The Bertz CT molecular complexity index is 753. The van der Waals surface area contributed by atoms with Crippen LogP contribution in [0, 0.1) is 11.7 Å². The van der Waals surface area contributed by atoms with E-state index in [1.54, 1.807) is 18.6 Å². The van der Waals surface area contributed by atoms with Crippen molar-refractivity contribution in [2.45, 2.75) is 32.1 Å². The number of carbonyl (C=O) groups is 2. The van der Waals surface area contributed by atoms with Gasteiger partial charge in [0, 0.05) is 38.5 Å². The minimum absolute atomic E-state index is 0.220. The number of hydrogen-bond acceptors (Lipinski definition) is 5. The number of ether oxygens (including phenoxy) is 2. The quantitative estimate of drug-likeness (QED) is 0.875. The van der Waals surface area contributed by atoms with E-state index in [9.17, 15) is 14.0 Å². The Hall–Kier alpha value is -2.77. The summed E-state index contributed by atoms with van der Waals surface area (Å²) in [5.74, 6) is -0.265. The Balaban J connectivity index is 1.36. The average Bonchev–Trinajstić information content (AvgIpc) is 3.19. The van der Waals surface area contributed by atoms with Gasteiger partial charge in [0.15, 0.2) is 0 Å². The molecule has 2 fully saturated rings. The fraction of sp³-hybridized carbons (Fsp3) is 0.474. The molecule has 1 aromatic rings. The van der Waals surface area contributed by atoms with Gasteiger partial charge in [-0.05, 0) is 30.5 Å². The highest BCUT2D eigenvalue weighted by Gasteiger charge is 2.30. The van der Waals surface area contributed by atoms with Crippen LogP contribution in [0.2, 0.25) is 0 Å². The molecule has 0 bridgehead atoms. The monoisotopic (exact) mass is 375 g/mol. The molecule has 27 heavy (non-hydrogen) atoms. The van der Waals surface area contributed by atoms with Gasteiger partial charge in [0.1, 0.15) is 18.3 Å². The molecule has 3 aliphatic heterocycles. The zero-order chi connectivity index (χ0) is 18.8. The molecular weight excluding hydrogens is 353 g/mol. The summed E-state index contributed by atoms with van der Waals surface area (Å²) < 4.78 is 25.5. The minimum Gasteiger partial charge on any atom is -0.459 e. The molecule has 2 saturated heterocycles. The number of amides is 3. The summed E-state index contributed by atoms with van der Waals surface area (Å²) >= 11 is 0. The fourth-order valence-electron chi connectivity index (χ4n) is 3.76. The van der Waals surface area contributed by atoms with Crippen LogP contribution in [0.1, 0.15) is 24.8 Å². The van der Waals surface area contributed by atoms with Crippen molar-refractivity contribution in [2.75, 3.05) is 24.5 Å². The number of piperidine rings is 1. The maximum atomic E-state index is 14.7. The average molecular weight is 375 g/mol. The molecule has 144 valence electrons. The molecular formula is C19H22FN3O4. The van der Waals surface area contributed by atoms with Gasteiger partial charge >= 0.3 is 6.03 Å². The number of hydrogen-bond donors (Lipinski definition) is 1. The zero-order valence-corrected chi connectivity index (χ0v) is 14.9. The molecule has 1 aromatic carbocycles. The summed E-state index contributed by atoms with van der Waals surface area (Å²) in [5, 5.41) is 2.28. The van der Waals surface area contributed by atoms with Gasteiger partial charge in [0.2, 0.25) is 12.2 Å². The summed E-state index contributed by atoms with van der Waals surface area (Å²) in [4.78, 5) is 26.6. The van der Waals surface area contributed by atoms with E-state index in [0.29, 0.717) is 23.7 Å². The predicted molar refractivity (Wildman–Crippen MR) is 95.0 cm³/mol. The minimum atomic E-state index is -0.427. The number of anilines is 1. The van der Waals surface area contributed by atoms with Gasteiger partial charge in [-0.1, -0.05) is 6.07 Å². The molecule has 7 nitrogen and oxygen atoms in total. The van der Waals surface area contributed by atoms with Crippen LogP contribution in [-0.2, 0) is 20.8 Å². The van der Waals surface area contributed by atoms with Crippen molar-refractivity contribution in [1.82, 2.24) is 10.2 Å². The van der Waals surface area contributed by atoms with Gasteiger partial charge in [-0.15, -0.1) is 0 Å². The van der Waals surface area contributed by atoms with E-state index in [-0.39, 0.29) is 31.0 Å². The third-order valence-corrected chi connectivity index (χ3v) is 5.27. The lowest BCUT2D eigenvalue weighted by molar-refractivity contribution is -0.121. The van der Waals surface area contributed by atoms with Crippen LogP contribution in [0.25, 0.3) is 0 Å². The third-order valence-electron chi connectivity index (χ3n) is 5.27. The Morgan fingerprint density at radius 2 is 1.85 bits per heavy atom. The molecule has 0 saturated carbocycles. The summed E-state index contributed by atoms with van der Waals surface area (Å²) in [6.45, 7) is 2.10. The number of halogens is 1. The first-order valence-corrected chi connectivity index (χ1v) is 9.18. The van der Waals surface area contributed by atoms with Crippen LogP contribution in [-0.4, -0.2) is 42.8 Å². The second kappa shape index (κ2) is 7.46. The highest BCUT2D eigenvalue weighted by atomic mass is 19.1. The van der Waals surface area contributed by atoms with Crippen LogP contribution in [0.5, 0.6) is 0 Å². The van der Waals surface area contributed by atoms with E-state index in [1.165, 1.54) is 11.0 Å². The van der Waals surface area contributed by atoms with Crippen molar-refractivity contribution in [3.63, 3.8) is 0 Å². The second-order valence-electron chi connectivity index (χ2n) is 7.05. The van der Waals surface area contributed by atoms with E-state index in [4.69, 9.17) is 9.47 Å². The topological polar surface area (TPSA) is 71.1 Å². The number of carbonyl (C=O) groups excluding carboxylic acids is 2. The lowest BCUT2D eigenvalue weighted by Crippen LogP contribution is -2.48. The van der Waals surface area contributed by atoms with E-state index in [0.717, 1.165) is 25.9 Å². The fourth-order valence-corrected chi connectivity index (χ4v) is 3.76. The van der Waals surface area contributed by atoms with Crippen LogP contribution in [0.15, 0.2) is 30.7 Å². The number of benzene rings is 1. The third kappa shape index (κ3) is 3.84. The van der Waals surface area contributed by atoms with Gasteiger partial charge in [-0.25, -0.2) is 9.18 Å². The van der Waals surface area contributed by atoms with Crippen molar-refractivity contribution in [3.8, 4) is 0 Å². The van der Waals surface area contributed by atoms with Crippen LogP contribution < -0.4 is 10.2 Å². The second-order valence-corrected chi connectivity index (χ2v) is 7.05. The molecule has 0 atom stereocenters. The number of urea groups is 1. The summed E-state index contributed by atoms with van der Waals surface area (Å²) in [6, 6.07) is 4.64. The van der Waals surface area contributed by atoms with E-state index in [1.807, 2.05) is 11.0 Å². The lowest BCUT2D eigenvalue weighted by atomic mass is 9.95. The molecule has 3 aliphatic rings. The van der Waals surface area contributed by atoms with Crippen molar-refractivity contribution >= 4 is 17.6 Å². The largest absolute Gasteiger partial charge is 0.459 e. The van der Waals surface area contributed by atoms with E-state index < -0.39 is 6.03 Å². The van der Waals surface area contributed by atoms with Gasteiger partial charge in [0.25, 0.3) is 0 Å². The molecule has 4 rings (SSSR count). The maximum Gasteiger partial charge on any atom is 0.324 e. The number of imide groups is 1. The van der Waals surface area contributed by atoms with Gasteiger partial charge in [0.05, 0.1) is 5.69 Å². The Kier molecular flexibility index (Phi) is 4.87. The highest BCUT2D eigenvalue weighted by Crippen LogP contribution is 2.30. The SMILES string of the molecule is O=C1CCN(Cc2ccc(N3CCC(C4OC=CO4)CC3)c(F)c2)C(=O)N1. The molecule has 0 radical (unpaired) electrons. The van der Waals surface area contributed by atoms with E-state index in [2.05, 4.69) is 5.32 Å². The van der Waals surface area contributed by atoms with Crippen molar-refractivity contribution in [1.29, 1.82) is 0 Å². The molecule has 8 heteroatoms. The normalized spacial score (nSPS) is 21.2. The molecule has 3 heterocycles. The van der Waals surface area contributed by atoms with Crippen molar-refractivity contribution in [3.05, 3.63) is 42.1 Å². The maximum absolute atomic E-state index is 14.7. The Labute approximate surface area is 156 Å². The highest BCUT2D eigenvalue weighted by molar-refractivity contribution is 5.96.